The summed E-state index contributed by atoms with van der Waals surface area (Å²) in [6, 6.07) is 0. The molecule has 0 aromatic carbocycles. The fourth-order valence-corrected chi connectivity index (χ4v) is 7.25. The van der Waals surface area contributed by atoms with Gasteiger partial charge in [-0.3, -0.25) is 14.4 Å². The molecule has 71 heavy (non-hydrogen) atoms. The van der Waals surface area contributed by atoms with Gasteiger partial charge in [-0.2, -0.15) is 0 Å². The van der Waals surface area contributed by atoms with Crippen molar-refractivity contribution in [1.29, 1.82) is 0 Å². The molecule has 0 aliphatic heterocycles. The summed E-state index contributed by atoms with van der Waals surface area (Å²) in [5, 5.41) is 0. The highest BCUT2D eigenvalue weighted by molar-refractivity contribution is 5.71. The van der Waals surface area contributed by atoms with Gasteiger partial charge < -0.3 is 14.2 Å². The monoisotopic (exact) mass is 981 g/mol. The van der Waals surface area contributed by atoms with Gasteiger partial charge in [0.15, 0.2) is 6.10 Å². The highest BCUT2D eigenvalue weighted by Crippen LogP contribution is 2.12. The Labute approximate surface area is 436 Å². The molecule has 0 aliphatic carbocycles. The zero-order valence-electron chi connectivity index (χ0n) is 45.7. The smallest absolute Gasteiger partial charge is 0.306 e. The Morgan fingerprint density at radius 2 is 0.521 bits per heavy atom. The van der Waals surface area contributed by atoms with Crippen molar-refractivity contribution in [2.24, 2.45) is 0 Å². The Bertz CT molecular complexity index is 1550. The van der Waals surface area contributed by atoms with Crippen LogP contribution in [-0.4, -0.2) is 37.2 Å². The Hall–Kier alpha value is -4.45. The Kier molecular flexibility index (Phi) is 54.5. The average molecular weight is 982 g/mol. The van der Waals surface area contributed by atoms with Gasteiger partial charge in [0.05, 0.1) is 0 Å². The SMILES string of the molecule is CCCCC/C=C\C/C=C\C/C=C\C/C=C\CCCCCC(=O)OC[C@H](COC(=O)CCC/C=C\C/C=C\C/C=C\C/C=C\CCCCC)OC(=O)CCCCCC/C=C\C/C=C\C/C=C\CCCCC. The van der Waals surface area contributed by atoms with E-state index < -0.39 is 6.10 Å². The van der Waals surface area contributed by atoms with E-state index in [-0.39, 0.29) is 44.0 Å². The molecule has 0 spiro atoms. The van der Waals surface area contributed by atoms with Crippen molar-refractivity contribution in [3.05, 3.63) is 134 Å². The van der Waals surface area contributed by atoms with Crippen LogP contribution in [0.2, 0.25) is 0 Å². The molecule has 0 amide bonds. The molecule has 0 bridgehead atoms. The first-order chi connectivity index (χ1) is 35.0. The molecule has 6 heteroatoms. The number of esters is 3. The highest BCUT2D eigenvalue weighted by Gasteiger charge is 2.19. The van der Waals surface area contributed by atoms with Gasteiger partial charge in [0, 0.05) is 19.3 Å². The van der Waals surface area contributed by atoms with Gasteiger partial charge in [-0.15, -0.1) is 0 Å². The van der Waals surface area contributed by atoms with E-state index >= 15 is 0 Å². The minimum Gasteiger partial charge on any atom is -0.462 e. The number of carbonyl (C=O) groups excluding carboxylic acids is 3. The van der Waals surface area contributed by atoms with Crippen molar-refractivity contribution < 1.29 is 28.6 Å². The number of unbranched alkanes of at least 4 members (excludes halogenated alkanes) is 17. The second-order valence-electron chi connectivity index (χ2n) is 18.5. The van der Waals surface area contributed by atoms with E-state index in [1.165, 1.54) is 77.0 Å². The number of hydrogen-bond donors (Lipinski definition) is 0. The van der Waals surface area contributed by atoms with Crippen LogP contribution >= 0.6 is 0 Å². The maximum Gasteiger partial charge on any atom is 0.306 e. The van der Waals surface area contributed by atoms with Crippen LogP contribution in [0, 0.1) is 0 Å². The number of ether oxygens (including phenoxy) is 3. The molecule has 0 fully saturated rings. The van der Waals surface area contributed by atoms with E-state index in [1.807, 2.05) is 0 Å². The van der Waals surface area contributed by atoms with Crippen molar-refractivity contribution >= 4 is 17.9 Å². The number of allylic oxidation sites excluding steroid dienone is 22. The molecule has 0 saturated carbocycles. The molecule has 0 radical (unpaired) electrons. The summed E-state index contributed by atoms with van der Waals surface area (Å²) in [6.45, 7) is 6.45. The Morgan fingerprint density at radius 3 is 0.845 bits per heavy atom. The molecule has 0 rings (SSSR count). The van der Waals surface area contributed by atoms with Crippen molar-refractivity contribution in [2.45, 2.75) is 245 Å². The van der Waals surface area contributed by atoms with E-state index in [2.05, 4.69) is 154 Å². The van der Waals surface area contributed by atoms with E-state index in [9.17, 15) is 14.4 Å². The van der Waals surface area contributed by atoms with Gasteiger partial charge in [-0.05, 0) is 141 Å². The molecule has 0 aliphatic rings. The van der Waals surface area contributed by atoms with E-state index in [0.29, 0.717) is 12.8 Å². The van der Waals surface area contributed by atoms with E-state index in [1.54, 1.807) is 0 Å². The van der Waals surface area contributed by atoms with Gasteiger partial charge in [0.2, 0.25) is 0 Å². The summed E-state index contributed by atoms with van der Waals surface area (Å²) < 4.78 is 16.8. The third-order valence-electron chi connectivity index (χ3n) is 11.6. The van der Waals surface area contributed by atoms with Crippen LogP contribution in [-0.2, 0) is 28.6 Å². The molecule has 1 atom stereocenters. The summed E-state index contributed by atoms with van der Waals surface area (Å²) in [7, 11) is 0. The highest BCUT2D eigenvalue weighted by atomic mass is 16.6. The molecule has 400 valence electrons. The normalized spacial score (nSPS) is 13.1. The zero-order valence-corrected chi connectivity index (χ0v) is 45.7. The van der Waals surface area contributed by atoms with Gasteiger partial charge in [0.25, 0.3) is 0 Å². The van der Waals surface area contributed by atoms with E-state index in [0.717, 1.165) is 116 Å². The predicted octanol–water partition coefficient (Wildman–Crippen LogP) is 19.4. The summed E-state index contributed by atoms with van der Waals surface area (Å²) >= 11 is 0. The summed E-state index contributed by atoms with van der Waals surface area (Å²) in [5.74, 6) is -1.04. The van der Waals surface area contributed by atoms with Crippen LogP contribution in [0.4, 0.5) is 0 Å². The van der Waals surface area contributed by atoms with Gasteiger partial charge in [0.1, 0.15) is 13.2 Å². The molecule has 0 aromatic rings. The lowest BCUT2D eigenvalue weighted by Crippen LogP contribution is -2.30. The van der Waals surface area contributed by atoms with Crippen molar-refractivity contribution in [3.63, 3.8) is 0 Å². The topological polar surface area (TPSA) is 78.9 Å². The lowest BCUT2D eigenvalue weighted by molar-refractivity contribution is -0.167. The first kappa shape index (κ1) is 66.6. The standard InChI is InChI=1S/C65H104O6/c1-4-7-10-13-16-19-22-25-28-31-32-35-37-40-43-46-49-52-55-58-64(67)70-61-62(71-65(68)59-56-53-50-47-44-41-38-34-30-27-24-21-18-15-12-9-6-3)60-69-63(66)57-54-51-48-45-42-39-36-33-29-26-23-20-17-14-11-8-5-2/h16-21,25-30,32,35-36,38-41,43,45,48,62H,4-15,22-24,31,33-34,37,42,44,46-47,49-61H2,1-3H3/b19-16-,20-17-,21-18-,28-25-,29-26-,30-27-,35-32-,39-36-,41-38-,43-40-,48-45-/t62-/m0/s1. The third-order valence-corrected chi connectivity index (χ3v) is 11.6. The van der Waals surface area contributed by atoms with Crippen molar-refractivity contribution in [3.8, 4) is 0 Å². The lowest BCUT2D eigenvalue weighted by atomic mass is 10.1. The minimum atomic E-state index is -0.831. The maximum absolute atomic E-state index is 12.9. The quantitative estimate of drug-likeness (QED) is 0.0262. The van der Waals surface area contributed by atoms with Crippen LogP contribution in [0.15, 0.2) is 134 Å². The second kappa shape index (κ2) is 58.1. The van der Waals surface area contributed by atoms with Crippen molar-refractivity contribution in [2.75, 3.05) is 13.2 Å². The Balaban J connectivity index is 4.60. The largest absolute Gasteiger partial charge is 0.462 e. The van der Waals surface area contributed by atoms with Crippen LogP contribution in [0.25, 0.3) is 0 Å². The fraction of sp³-hybridized carbons (Fsp3) is 0.615. The first-order valence-corrected chi connectivity index (χ1v) is 28.7. The average Bonchev–Trinajstić information content (AvgIpc) is 3.37. The van der Waals surface area contributed by atoms with Crippen LogP contribution in [0.3, 0.4) is 0 Å². The third kappa shape index (κ3) is 56.3. The summed E-state index contributed by atoms with van der Waals surface area (Å²) in [6.07, 6.45) is 81.5. The van der Waals surface area contributed by atoms with Crippen LogP contribution in [0.5, 0.6) is 0 Å². The van der Waals surface area contributed by atoms with Crippen molar-refractivity contribution in [1.82, 2.24) is 0 Å². The molecule has 6 nitrogen and oxygen atoms in total. The number of hydrogen-bond acceptors (Lipinski definition) is 6. The fourth-order valence-electron chi connectivity index (χ4n) is 7.25. The zero-order chi connectivity index (χ0) is 51.4. The first-order valence-electron chi connectivity index (χ1n) is 28.7. The molecule has 0 heterocycles. The molecule has 0 aromatic heterocycles. The molecular weight excluding hydrogens is 877 g/mol. The molecular formula is C65H104O6. The van der Waals surface area contributed by atoms with Crippen LogP contribution < -0.4 is 0 Å². The molecule has 0 N–H and O–H groups in total. The minimum absolute atomic E-state index is 0.125. The molecule has 0 saturated heterocycles. The number of rotatable bonds is 50. The number of carbonyl (C=O) groups is 3. The maximum atomic E-state index is 12.9. The summed E-state index contributed by atoms with van der Waals surface area (Å²) in [5.41, 5.74) is 0. The van der Waals surface area contributed by atoms with Gasteiger partial charge >= 0.3 is 17.9 Å². The predicted molar refractivity (Wildman–Crippen MR) is 306 cm³/mol. The Morgan fingerprint density at radius 1 is 0.282 bits per heavy atom. The van der Waals surface area contributed by atoms with E-state index in [4.69, 9.17) is 14.2 Å². The molecule has 0 unspecified atom stereocenters. The van der Waals surface area contributed by atoms with Gasteiger partial charge in [-0.25, -0.2) is 0 Å². The van der Waals surface area contributed by atoms with Gasteiger partial charge in [-0.1, -0.05) is 212 Å². The lowest BCUT2D eigenvalue weighted by Gasteiger charge is -2.18. The second-order valence-corrected chi connectivity index (χ2v) is 18.5. The van der Waals surface area contributed by atoms with Crippen LogP contribution in [0.1, 0.15) is 239 Å². The summed E-state index contributed by atoms with van der Waals surface area (Å²) in [4.78, 5) is 38.1.